The molecule has 1 aromatic carbocycles. The van der Waals surface area contributed by atoms with Crippen molar-refractivity contribution in [3.05, 3.63) is 41.1 Å². The van der Waals surface area contributed by atoms with Crippen molar-refractivity contribution in [3.8, 4) is 5.75 Å². The molecule has 2 rings (SSSR count). The van der Waals surface area contributed by atoms with E-state index < -0.39 is 16.2 Å². The molecule has 0 saturated heterocycles. The topological polar surface area (TPSA) is 96.3 Å². The fourth-order valence-corrected chi connectivity index (χ4v) is 3.60. The van der Waals surface area contributed by atoms with E-state index in [9.17, 15) is 18.3 Å². The van der Waals surface area contributed by atoms with Crippen LogP contribution < -0.4 is 4.74 Å². The third kappa shape index (κ3) is 3.37. The van der Waals surface area contributed by atoms with E-state index in [1.807, 2.05) is 6.92 Å². The molecule has 1 N–H and O–H groups in total. The third-order valence-electron chi connectivity index (χ3n) is 3.37. The van der Waals surface area contributed by atoms with Crippen LogP contribution in [0.4, 0.5) is 0 Å². The van der Waals surface area contributed by atoms with Crippen LogP contribution in [0.5, 0.6) is 5.75 Å². The molecule has 1 aromatic rings. The lowest BCUT2D eigenvalue weighted by Gasteiger charge is -2.25. The van der Waals surface area contributed by atoms with Gasteiger partial charge in [0, 0.05) is 12.1 Å². The van der Waals surface area contributed by atoms with Gasteiger partial charge in [-0.25, -0.2) is 9.10 Å². The van der Waals surface area contributed by atoms with Crippen LogP contribution in [0.1, 0.15) is 24.5 Å². The van der Waals surface area contributed by atoms with Gasteiger partial charge in [-0.2, -0.15) is 8.42 Å². The SMILES string of the molecule is CCCN1C(C(=O)O)=CC(c2ccc(OC)c(C)c2)=NS1(=O)=O. The van der Waals surface area contributed by atoms with E-state index >= 15 is 0 Å². The summed E-state index contributed by atoms with van der Waals surface area (Å²) in [6.45, 7) is 3.64. The quantitative estimate of drug-likeness (QED) is 0.882. The molecular weight excluding hydrogens is 320 g/mol. The predicted octanol–water partition coefficient (Wildman–Crippen LogP) is 1.73. The molecule has 23 heavy (non-hydrogen) atoms. The summed E-state index contributed by atoms with van der Waals surface area (Å²) in [7, 11) is -2.53. The lowest BCUT2D eigenvalue weighted by molar-refractivity contribution is -0.133. The summed E-state index contributed by atoms with van der Waals surface area (Å²) < 4.78 is 34.3. The van der Waals surface area contributed by atoms with Crippen LogP contribution in [-0.2, 0) is 15.0 Å². The van der Waals surface area contributed by atoms with E-state index in [0.29, 0.717) is 17.7 Å². The van der Waals surface area contributed by atoms with Gasteiger partial charge in [-0.15, -0.1) is 4.40 Å². The molecule has 0 fully saturated rings. The number of allylic oxidation sites excluding steroid dienone is 1. The Morgan fingerprint density at radius 1 is 1.39 bits per heavy atom. The molecule has 0 bridgehead atoms. The summed E-state index contributed by atoms with van der Waals surface area (Å²) in [5, 5.41) is 9.32. The van der Waals surface area contributed by atoms with Crippen molar-refractivity contribution in [2.24, 2.45) is 4.40 Å². The Balaban J connectivity index is 2.55. The number of carbonyl (C=O) groups is 1. The molecule has 0 radical (unpaired) electrons. The van der Waals surface area contributed by atoms with Gasteiger partial charge in [-0.1, -0.05) is 6.92 Å². The Bertz CT molecular complexity index is 796. The molecule has 1 heterocycles. The van der Waals surface area contributed by atoms with Crippen molar-refractivity contribution < 1.29 is 23.1 Å². The molecule has 7 nitrogen and oxygen atoms in total. The number of carboxylic acid groups (broad SMARTS) is 1. The van der Waals surface area contributed by atoms with Crippen LogP contribution in [0.15, 0.2) is 34.4 Å². The monoisotopic (exact) mass is 338 g/mol. The van der Waals surface area contributed by atoms with E-state index in [2.05, 4.69) is 4.40 Å². The minimum absolute atomic E-state index is 0.0683. The Morgan fingerprint density at radius 2 is 2.09 bits per heavy atom. The molecule has 0 aliphatic carbocycles. The molecule has 0 amide bonds. The number of nitrogens with zero attached hydrogens (tertiary/aromatic N) is 2. The van der Waals surface area contributed by atoms with Gasteiger partial charge >= 0.3 is 16.2 Å². The average Bonchev–Trinajstić information content (AvgIpc) is 2.48. The molecule has 1 aliphatic heterocycles. The standard InChI is InChI=1S/C15H18N2O5S/c1-4-7-17-13(15(18)19)9-12(16-23(17,20)21)11-5-6-14(22-3)10(2)8-11/h5-6,8-9H,4,7H2,1-3H3,(H,18,19). The summed E-state index contributed by atoms with van der Waals surface area (Å²) in [4.78, 5) is 11.4. The second kappa shape index (κ2) is 6.41. The highest BCUT2D eigenvalue weighted by Crippen LogP contribution is 2.24. The minimum atomic E-state index is -4.06. The summed E-state index contributed by atoms with van der Waals surface area (Å²) in [6.07, 6.45) is 1.76. The Morgan fingerprint density at radius 3 is 2.61 bits per heavy atom. The van der Waals surface area contributed by atoms with Gasteiger partial charge in [0.25, 0.3) is 0 Å². The largest absolute Gasteiger partial charge is 0.496 e. The molecule has 0 atom stereocenters. The highest BCUT2D eigenvalue weighted by atomic mass is 32.2. The first-order valence-corrected chi connectivity index (χ1v) is 8.42. The number of rotatable bonds is 5. The van der Waals surface area contributed by atoms with Crippen molar-refractivity contribution in [3.63, 3.8) is 0 Å². The van der Waals surface area contributed by atoms with Gasteiger partial charge in [-0.05, 0) is 43.2 Å². The third-order valence-corrected chi connectivity index (χ3v) is 4.73. The Kier molecular flexibility index (Phi) is 4.74. The summed E-state index contributed by atoms with van der Waals surface area (Å²) in [5.41, 5.74) is 1.11. The smallest absolute Gasteiger partial charge is 0.353 e. The lowest BCUT2D eigenvalue weighted by atomic mass is 10.1. The first kappa shape index (κ1) is 17.0. The van der Waals surface area contributed by atoms with E-state index in [1.54, 1.807) is 25.1 Å². The highest BCUT2D eigenvalue weighted by Gasteiger charge is 2.32. The van der Waals surface area contributed by atoms with Crippen molar-refractivity contribution in [2.45, 2.75) is 20.3 Å². The van der Waals surface area contributed by atoms with Gasteiger partial charge < -0.3 is 9.84 Å². The number of carboxylic acids is 1. The first-order valence-electron chi connectivity index (χ1n) is 7.02. The zero-order chi connectivity index (χ0) is 17.2. The van der Waals surface area contributed by atoms with E-state index in [0.717, 1.165) is 9.87 Å². The maximum Gasteiger partial charge on any atom is 0.353 e. The van der Waals surface area contributed by atoms with Gasteiger partial charge in [0.15, 0.2) is 0 Å². The van der Waals surface area contributed by atoms with Crippen LogP contribution in [0, 0.1) is 6.92 Å². The Hall–Kier alpha value is -2.35. The molecule has 124 valence electrons. The molecular formula is C15H18N2O5S. The van der Waals surface area contributed by atoms with Crippen LogP contribution >= 0.6 is 0 Å². The van der Waals surface area contributed by atoms with Crippen molar-refractivity contribution >= 4 is 21.9 Å². The molecule has 1 aliphatic rings. The van der Waals surface area contributed by atoms with E-state index in [4.69, 9.17) is 4.74 Å². The molecule has 0 spiro atoms. The van der Waals surface area contributed by atoms with Gasteiger partial charge in [0.2, 0.25) is 0 Å². The highest BCUT2D eigenvalue weighted by molar-refractivity contribution is 7.88. The van der Waals surface area contributed by atoms with Crippen LogP contribution in [0.3, 0.4) is 0 Å². The zero-order valence-corrected chi connectivity index (χ0v) is 13.9. The van der Waals surface area contributed by atoms with Crippen LogP contribution in [-0.4, -0.2) is 43.2 Å². The van der Waals surface area contributed by atoms with E-state index in [-0.39, 0.29) is 18.0 Å². The number of methoxy groups -OCH3 is 1. The maximum absolute atomic E-state index is 12.3. The maximum atomic E-state index is 12.3. The second-order valence-corrected chi connectivity index (χ2v) is 6.56. The molecule has 8 heteroatoms. The molecule has 0 saturated carbocycles. The average molecular weight is 338 g/mol. The number of hydrogen-bond donors (Lipinski definition) is 1. The lowest BCUT2D eigenvalue weighted by Crippen LogP contribution is -2.36. The fraction of sp³-hybridized carbons (Fsp3) is 0.333. The number of benzene rings is 1. The second-order valence-electron chi connectivity index (χ2n) is 5.05. The summed E-state index contributed by atoms with van der Waals surface area (Å²) in [5.74, 6) is -0.650. The summed E-state index contributed by atoms with van der Waals surface area (Å²) in [6, 6.07) is 5.04. The van der Waals surface area contributed by atoms with Crippen LogP contribution in [0.2, 0.25) is 0 Å². The normalized spacial score (nSPS) is 16.6. The molecule has 0 aromatic heterocycles. The van der Waals surface area contributed by atoms with Crippen molar-refractivity contribution in [1.82, 2.24) is 4.31 Å². The van der Waals surface area contributed by atoms with Gasteiger partial charge in [0.05, 0.1) is 12.8 Å². The number of hydrogen-bond acceptors (Lipinski definition) is 4. The number of aryl methyl sites for hydroxylation is 1. The van der Waals surface area contributed by atoms with Crippen molar-refractivity contribution in [1.29, 1.82) is 0 Å². The van der Waals surface area contributed by atoms with Crippen LogP contribution in [0.25, 0.3) is 0 Å². The van der Waals surface area contributed by atoms with Crippen molar-refractivity contribution in [2.75, 3.05) is 13.7 Å². The predicted molar refractivity (Wildman–Crippen MR) is 85.9 cm³/mol. The van der Waals surface area contributed by atoms with E-state index in [1.165, 1.54) is 13.2 Å². The number of ether oxygens (including phenoxy) is 1. The first-order chi connectivity index (χ1) is 10.8. The minimum Gasteiger partial charge on any atom is -0.496 e. The number of aliphatic carboxylic acids is 1. The Labute approximate surface area is 135 Å². The zero-order valence-electron chi connectivity index (χ0n) is 13.1. The van der Waals surface area contributed by atoms with Gasteiger partial charge in [0.1, 0.15) is 11.4 Å². The fourth-order valence-electron chi connectivity index (χ4n) is 2.31. The molecule has 0 unspecified atom stereocenters. The summed E-state index contributed by atoms with van der Waals surface area (Å²) >= 11 is 0. The van der Waals surface area contributed by atoms with Gasteiger partial charge in [-0.3, -0.25) is 0 Å².